The van der Waals surface area contributed by atoms with Crippen molar-refractivity contribution in [3.63, 3.8) is 0 Å². The van der Waals surface area contributed by atoms with E-state index in [1.807, 2.05) is 0 Å². The first-order chi connectivity index (χ1) is 6.24. The highest BCUT2D eigenvalue weighted by Gasteiger charge is 2.45. The van der Waals surface area contributed by atoms with Crippen LogP contribution in [0.4, 0.5) is 0 Å². The second-order valence-electron chi connectivity index (χ2n) is 5.35. The monoisotopic (exact) mass is 194 g/mol. The van der Waals surface area contributed by atoms with Crippen molar-refractivity contribution in [1.29, 1.82) is 0 Å². The minimum atomic E-state index is 0.939. The first-order valence-electron chi connectivity index (χ1n) is 5.63. The van der Waals surface area contributed by atoms with Gasteiger partial charge in [0.2, 0.25) is 0 Å². The molecule has 72 valence electrons. The largest absolute Gasteiger partial charge is 0.148 e. The first-order valence-corrected chi connectivity index (χ1v) is 6.08. The summed E-state index contributed by atoms with van der Waals surface area (Å²) < 4.78 is 0. The highest BCUT2D eigenvalue weighted by atomic mass is 32.1. The van der Waals surface area contributed by atoms with Gasteiger partial charge in [0.1, 0.15) is 0 Å². The van der Waals surface area contributed by atoms with E-state index in [1.54, 1.807) is 12.0 Å². The van der Waals surface area contributed by atoms with Crippen LogP contribution in [0, 0.1) is 23.7 Å². The average molecular weight is 194 g/mol. The van der Waals surface area contributed by atoms with Gasteiger partial charge in [0.15, 0.2) is 0 Å². The number of allylic oxidation sites excluding steroid dienone is 2. The molecule has 0 atom stereocenters. The van der Waals surface area contributed by atoms with E-state index in [1.165, 1.54) is 30.6 Å². The van der Waals surface area contributed by atoms with E-state index >= 15 is 0 Å². The summed E-state index contributed by atoms with van der Waals surface area (Å²) in [6.45, 7) is 2.20. The summed E-state index contributed by atoms with van der Waals surface area (Å²) in [5, 5.41) is 0. The standard InChI is InChI=1S/C12H18S/c1-7(13)12-10-3-8-2-9(5-10)6-11(12)4-8/h8-11,13H,2-6H2,1H3. The molecule has 13 heavy (non-hydrogen) atoms. The average Bonchev–Trinajstić information content (AvgIpc) is 2.00. The van der Waals surface area contributed by atoms with Gasteiger partial charge in [-0.3, -0.25) is 0 Å². The molecule has 0 aromatic rings. The SMILES string of the molecule is CC(S)=C1C2CC3CC(C2)CC1C3. The molecule has 0 unspecified atom stereocenters. The lowest BCUT2D eigenvalue weighted by Gasteiger charge is -2.51. The van der Waals surface area contributed by atoms with Crippen molar-refractivity contribution in [3.05, 3.63) is 10.5 Å². The van der Waals surface area contributed by atoms with Gasteiger partial charge in [-0.15, -0.1) is 12.6 Å². The van der Waals surface area contributed by atoms with Crippen LogP contribution < -0.4 is 0 Å². The van der Waals surface area contributed by atoms with Crippen molar-refractivity contribution in [1.82, 2.24) is 0 Å². The Morgan fingerprint density at radius 2 is 1.46 bits per heavy atom. The van der Waals surface area contributed by atoms with Crippen LogP contribution in [0.1, 0.15) is 39.0 Å². The van der Waals surface area contributed by atoms with E-state index < -0.39 is 0 Å². The minimum Gasteiger partial charge on any atom is -0.148 e. The zero-order valence-corrected chi connectivity index (χ0v) is 9.19. The van der Waals surface area contributed by atoms with E-state index in [0.717, 1.165) is 23.7 Å². The number of rotatable bonds is 0. The van der Waals surface area contributed by atoms with Gasteiger partial charge < -0.3 is 0 Å². The molecule has 4 aliphatic carbocycles. The van der Waals surface area contributed by atoms with Crippen LogP contribution in [0.5, 0.6) is 0 Å². The summed E-state index contributed by atoms with van der Waals surface area (Å²) >= 11 is 4.57. The predicted molar refractivity (Wildman–Crippen MR) is 58.7 cm³/mol. The third kappa shape index (κ3) is 1.20. The smallest absolute Gasteiger partial charge is 0.0184 e. The Labute approximate surface area is 86.2 Å². The van der Waals surface area contributed by atoms with E-state index in [-0.39, 0.29) is 0 Å². The van der Waals surface area contributed by atoms with Crippen molar-refractivity contribution in [3.8, 4) is 0 Å². The quantitative estimate of drug-likeness (QED) is 0.559. The van der Waals surface area contributed by atoms with E-state index in [4.69, 9.17) is 0 Å². The molecule has 0 aromatic heterocycles. The molecule has 0 aliphatic heterocycles. The molecular weight excluding hydrogens is 176 g/mol. The van der Waals surface area contributed by atoms with E-state index in [2.05, 4.69) is 19.6 Å². The number of hydrogen-bond acceptors (Lipinski definition) is 1. The molecule has 4 bridgehead atoms. The van der Waals surface area contributed by atoms with Crippen LogP contribution in [0.3, 0.4) is 0 Å². The van der Waals surface area contributed by atoms with Crippen LogP contribution in [-0.2, 0) is 0 Å². The van der Waals surface area contributed by atoms with Crippen LogP contribution in [-0.4, -0.2) is 0 Å². The van der Waals surface area contributed by atoms with Gasteiger partial charge in [-0.1, -0.05) is 5.57 Å². The zero-order chi connectivity index (χ0) is 9.00. The van der Waals surface area contributed by atoms with Crippen LogP contribution in [0.2, 0.25) is 0 Å². The topological polar surface area (TPSA) is 0 Å². The van der Waals surface area contributed by atoms with Crippen molar-refractivity contribution in [2.75, 3.05) is 0 Å². The number of hydrogen-bond donors (Lipinski definition) is 1. The zero-order valence-electron chi connectivity index (χ0n) is 8.29. The van der Waals surface area contributed by atoms with Gasteiger partial charge in [-0.25, -0.2) is 0 Å². The molecular formula is C12H18S. The molecule has 4 rings (SSSR count). The summed E-state index contributed by atoms with van der Waals surface area (Å²) in [4.78, 5) is 1.34. The van der Waals surface area contributed by atoms with E-state index in [9.17, 15) is 0 Å². The second kappa shape index (κ2) is 2.79. The van der Waals surface area contributed by atoms with Gasteiger partial charge in [-0.05, 0) is 67.6 Å². The fourth-order valence-electron chi connectivity index (χ4n) is 4.28. The molecule has 1 heteroatoms. The molecule has 0 heterocycles. The maximum atomic E-state index is 4.57. The Balaban J connectivity index is 1.98. The van der Waals surface area contributed by atoms with Crippen molar-refractivity contribution in [2.45, 2.75) is 39.0 Å². The van der Waals surface area contributed by atoms with Gasteiger partial charge >= 0.3 is 0 Å². The Morgan fingerprint density at radius 3 is 1.85 bits per heavy atom. The van der Waals surface area contributed by atoms with Crippen molar-refractivity contribution < 1.29 is 0 Å². The lowest BCUT2D eigenvalue weighted by molar-refractivity contribution is 0.0692. The second-order valence-corrected chi connectivity index (χ2v) is 6.02. The predicted octanol–water partition coefficient (Wildman–Crippen LogP) is 3.65. The summed E-state index contributed by atoms with van der Waals surface area (Å²) in [7, 11) is 0. The molecule has 4 saturated carbocycles. The molecule has 4 aliphatic rings. The molecule has 0 N–H and O–H groups in total. The van der Waals surface area contributed by atoms with Gasteiger partial charge in [-0.2, -0.15) is 0 Å². The fraction of sp³-hybridized carbons (Fsp3) is 0.833. The molecule has 0 aromatic carbocycles. The first kappa shape index (κ1) is 8.40. The molecule has 4 fully saturated rings. The summed E-state index contributed by atoms with van der Waals surface area (Å²) in [6.07, 6.45) is 7.49. The van der Waals surface area contributed by atoms with Crippen molar-refractivity contribution in [2.24, 2.45) is 23.7 Å². The van der Waals surface area contributed by atoms with Crippen LogP contribution >= 0.6 is 12.6 Å². The summed E-state index contributed by atoms with van der Waals surface area (Å²) in [6, 6.07) is 0. The minimum absolute atomic E-state index is 0.939. The fourth-order valence-corrected chi connectivity index (χ4v) is 4.65. The van der Waals surface area contributed by atoms with Gasteiger partial charge in [0.05, 0.1) is 0 Å². The lowest BCUT2D eigenvalue weighted by Crippen LogP contribution is -2.40. The molecule has 0 radical (unpaired) electrons. The highest BCUT2D eigenvalue weighted by Crippen LogP contribution is 2.57. The normalized spacial score (nSPS) is 47.1. The van der Waals surface area contributed by atoms with Crippen molar-refractivity contribution >= 4 is 12.6 Å². The molecule has 0 nitrogen and oxygen atoms in total. The Morgan fingerprint density at radius 1 is 1.00 bits per heavy atom. The molecule has 0 saturated heterocycles. The lowest BCUT2D eigenvalue weighted by atomic mass is 9.54. The highest BCUT2D eigenvalue weighted by molar-refractivity contribution is 7.84. The third-order valence-corrected chi connectivity index (χ3v) is 4.69. The Bertz CT molecular complexity index is 230. The van der Waals surface area contributed by atoms with Gasteiger partial charge in [0.25, 0.3) is 0 Å². The van der Waals surface area contributed by atoms with E-state index in [0.29, 0.717) is 0 Å². The Kier molecular flexibility index (Phi) is 1.80. The summed E-state index contributed by atoms with van der Waals surface area (Å²) in [5.41, 5.74) is 1.75. The maximum Gasteiger partial charge on any atom is -0.0184 e. The van der Waals surface area contributed by atoms with Crippen LogP contribution in [0.15, 0.2) is 10.5 Å². The van der Waals surface area contributed by atoms with Crippen LogP contribution in [0.25, 0.3) is 0 Å². The third-order valence-electron chi connectivity index (χ3n) is 4.44. The molecule has 0 amide bonds. The Hall–Kier alpha value is 0.0900. The molecule has 0 spiro atoms. The summed E-state index contributed by atoms with van der Waals surface area (Å²) in [5.74, 6) is 4.04. The number of thiol groups is 1. The van der Waals surface area contributed by atoms with Gasteiger partial charge in [0, 0.05) is 0 Å². The maximum absolute atomic E-state index is 4.57.